The van der Waals surface area contributed by atoms with Crippen molar-refractivity contribution >= 4 is 17.3 Å². The molecule has 4 N–H and O–H groups in total. The number of hydrogen-bond acceptors (Lipinski definition) is 3. The first-order chi connectivity index (χ1) is 7.20. The summed E-state index contributed by atoms with van der Waals surface area (Å²) in [5.41, 5.74) is 5.75. The SMILES string of the molecule is C1CNCCN1.Nc1ccc(F)c(Cl)c1. The van der Waals surface area contributed by atoms with Gasteiger partial charge in [-0.3, -0.25) is 0 Å². The van der Waals surface area contributed by atoms with Crippen LogP contribution in [0.5, 0.6) is 0 Å². The topological polar surface area (TPSA) is 50.1 Å². The van der Waals surface area contributed by atoms with Crippen molar-refractivity contribution in [3.05, 3.63) is 29.0 Å². The van der Waals surface area contributed by atoms with E-state index >= 15 is 0 Å². The number of halogens is 2. The molecule has 1 heterocycles. The minimum Gasteiger partial charge on any atom is -0.399 e. The van der Waals surface area contributed by atoms with Gasteiger partial charge in [0.15, 0.2) is 0 Å². The van der Waals surface area contributed by atoms with Crippen LogP contribution in [0.3, 0.4) is 0 Å². The molecule has 1 aromatic rings. The number of benzene rings is 1. The van der Waals surface area contributed by atoms with Crippen LogP contribution in [0.4, 0.5) is 10.1 Å². The van der Waals surface area contributed by atoms with Gasteiger partial charge in [0.25, 0.3) is 0 Å². The lowest BCUT2D eigenvalue weighted by atomic mass is 10.3. The van der Waals surface area contributed by atoms with Gasteiger partial charge in [-0.15, -0.1) is 0 Å². The van der Waals surface area contributed by atoms with Crippen molar-refractivity contribution in [2.75, 3.05) is 31.9 Å². The van der Waals surface area contributed by atoms with Crippen LogP contribution in [-0.4, -0.2) is 26.2 Å². The number of rotatable bonds is 0. The van der Waals surface area contributed by atoms with E-state index < -0.39 is 5.82 Å². The Labute approximate surface area is 93.8 Å². The van der Waals surface area contributed by atoms with Gasteiger partial charge in [-0.05, 0) is 18.2 Å². The molecule has 0 radical (unpaired) electrons. The fourth-order valence-corrected chi connectivity index (χ4v) is 1.30. The minimum absolute atomic E-state index is 0.0648. The molecule has 84 valence electrons. The number of piperazine rings is 1. The molecule has 3 nitrogen and oxygen atoms in total. The number of nitrogen functional groups attached to an aromatic ring is 1. The first-order valence-electron chi connectivity index (χ1n) is 4.82. The molecule has 0 spiro atoms. The Morgan fingerprint density at radius 3 is 2.00 bits per heavy atom. The van der Waals surface area contributed by atoms with Crippen molar-refractivity contribution < 1.29 is 4.39 Å². The molecule has 5 heteroatoms. The summed E-state index contributed by atoms with van der Waals surface area (Å²) in [5.74, 6) is -0.439. The smallest absolute Gasteiger partial charge is 0.141 e. The fraction of sp³-hybridized carbons (Fsp3) is 0.400. The van der Waals surface area contributed by atoms with Gasteiger partial charge in [0, 0.05) is 31.9 Å². The van der Waals surface area contributed by atoms with Crippen molar-refractivity contribution in [2.24, 2.45) is 0 Å². The molecule has 1 aromatic carbocycles. The molecule has 0 bridgehead atoms. The average Bonchev–Trinajstić information content (AvgIpc) is 2.27. The lowest BCUT2D eigenvalue weighted by Crippen LogP contribution is -2.39. The normalized spacial score (nSPS) is 15.3. The number of nitrogens with two attached hydrogens (primary N) is 1. The lowest BCUT2D eigenvalue weighted by Gasteiger charge is -2.11. The summed E-state index contributed by atoms with van der Waals surface area (Å²) in [7, 11) is 0. The van der Waals surface area contributed by atoms with E-state index in [2.05, 4.69) is 10.6 Å². The van der Waals surface area contributed by atoms with Crippen LogP contribution >= 0.6 is 11.6 Å². The van der Waals surface area contributed by atoms with E-state index in [1.807, 2.05) is 0 Å². The number of hydrogen-bond donors (Lipinski definition) is 3. The van der Waals surface area contributed by atoms with Crippen LogP contribution in [0, 0.1) is 5.82 Å². The number of nitrogens with one attached hydrogen (secondary N) is 2. The van der Waals surface area contributed by atoms with E-state index in [-0.39, 0.29) is 5.02 Å². The molecule has 0 amide bonds. The Kier molecular flexibility index (Phi) is 5.39. The quantitative estimate of drug-likeness (QED) is 0.589. The Morgan fingerprint density at radius 1 is 1.13 bits per heavy atom. The van der Waals surface area contributed by atoms with Crippen LogP contribution in [0.25, 0.3) is 0 Å². The van der Waals surface area contributed by atoms with Crippen LogP contribution in [-0.2, 0) is 0 Å². The zero-order valence-corrected chi connectivity index (χ0v) is 9.15. The van der Waals surface area contributed by atoms with E-state index in [4.69, 9.17) is 17.3 Å². The first-order valence-corrected chi connectivity index (χ1v) is 5.20. The Morgan fingerprint density at radius 2 is 1.67 bits per heavy atom. The zero-order valence-electron chi connectivity index (χ0n) is 8.39. The third-order valence-corrected chi connectivity index (χ3v) is 2.19. The maximum Gasteiger partial charge on any atom is 0.141 e. The van der Waals surface area contributed by atoms with Crippen molar-refractivity contribution in [2.45, 2.75) is 0 Å². The van der Waals surface area contributed by atoms with Crippen molar-refractivity contribution in [1.29, 1.82) is 0 Å². The molecule has 0 saturated carbocycles. The maximum atomic E-state index is 12.3. The molecular formula is C10H15ClFN3. The first kappa shape index (κ1) is 12.2. The molecule has 0 aliphatic carbocycles. The summed E-state index contributed by atoms with van der Waals surface area (Å²) in [6, 6.07) is 4.07. The highest BCUT2D eigenvalue weighted by Crippen LogP contribution is 2.16. The van der Waals surface area contributed by atoms with Crippen LogP contribution in [0.1, 0.15) is 0 Å². The molecule has 2 rings (SSSR count). The maximum absolute atomic E-state index is 12.3. The summed E-state index contributed by atoms with van der Waals surface area (Å²) in [6.07, 6.45) is 0. The summed E-state index contributed by atoms with van der Waals surface area (Å²) in [6.45, 7) is 4.56. The van der Waals surface area contributed by atoms with Crippen molar-refractivity contribution in [3.8, 4) is 0 Å². The van der Waals surface area contributed by atoms with Gasteiger partial charge in [0.1, 0.15) is 5.82 Å². The molecule has 0 unspecified atom stereocenters. The molecule has 1 aliphatic rings. The van der Waals surface area contributed by atoms with Gasteiger partial charge >= 0.3 is 0 Å². The van der Waals surface area contributed by atoms with Crippen LogP contribution in [0.2, 0.25) is 5.02 Å². The highest BCUT2D eigenvalue weighted by atomic mass is 35.5. The van der Waals surface area contributed by atoms with E-state index in [9.17, 15) is 4.39 Å². The second kappa shape index (κ2) is 6.61. The zero-order chi connectivity index (χ0) is 11.1. The van der Waals surface area contributed by atoms with Crippen LogP contribution in [0.15, 0.2) is 18.2 Å². The third kappa shape index (κ3) is 4.97. The van der Waals surface area contributed by atoms with E-state index in [0.29, 0.717) is 5.69 Å². The van der Waals surface area contributed by atoms with Crippen molar-refractivity contribution in [1.82, 2.24) is 10.6 Å². The van der Waals surface area contributed by atoms with E-state index in [0.717, 1.165) is 26.2 Å². The molecule has 15 heavy (non-hydrogen) atoms. The van der Waals surface area contributed by atoms with Gasteiger partial charge in [0.05, 0.1) is 5.02 Å². The van der Waals surface area contributed by atoms with Gasteiger partial charge < -0.3 is 16.4 Å². The fourth-order valence-electron chi connectivity index (χ4n) is 1.12. The highest BCUT2D eigenvalue weighted by molar-refractivity contribution is 6.31. The van der Waals surface area contributed by atoms with Gasteiger partial charge in [-0.2, -0.15) is 0 Å². The summed E-state index contributed by atoms with van der Waals surface area (Å²) >= 11 is 5.36. The monoisotopic (exact) mass is 231 g/mol. The molecule has 1 aliphatic heterocycles. The second-order valence-electron chi connectivity index (χ2n) is 3.17. The standard InChI is InChI=1S/C6H5ClFN.C4H10N2/c7-5-3-4(9)1-2-6(5)8;1-2-6-4-3-5-1/h1-3H,9H2;5-6H,1-4H2. The molecule has 1 fully saturated rings. The molecule has 1 saturated heterocycles. The van der Waals surface area contributed by atoms with E-state index in [1.165, 1.54) is 18.2 Å². The Hall–Kier alpha value is -0.840. The minimum atomic E-state index is -0.439. The number of anilines is 1. The largest absolute Gasteiger partial charge is 0.399 e. The Balaban J connectivity index is 0.000000162. The predicted octanol–water partition coefficient (Wildman–Crippen LogP) is 1.24. The molecule has 0 atom stereocenters. The van der Waals surface area contributed by atoms with Gasteiger partial charge in [-0.1, -0.05) is 11.6 Å². The lowest BCUT2D eigenvalue weighted by molar-refractivity contribution is 0.534. The second-order valence-corrected chi connectivity index (χ2v) is 3.58. The molecule has 0 aromatic heterocycles. The van der Waals surface area contributed by atoms with E-state index in [1.54, 1.807) is 0 Å². The predicted molar refractivity (Wildman–Crippen MR) is 61.6 cm³/mol. The van der Waals surface area contributed by atoms with Crippen molar-refractivity contribution in [3.63, 3.8) is 0 Å². The summed E-state index contributed by atoms with van der Waals surface area (Å²) < 4.78 is 12.3. The molecular weight excluding hydrogens is 217 g/mol. The van der Waals surface area contributed by atoms with Crippen LogP contribution < -0.4 is 16.4 Å². The Bertz CT molecular complexity index is 291. The highest BCUT2D eigenvalue weighted by Gasteiger charge is 1.96. The summed E-state index contributed by atoms with van der Waals surface area (Å²) in [5, 5.41) is 6.51. The average molecular weight is 232 g/mol. The van der Waals surface area contributed by atoms with Gasteiger partial charge in [-0.25, -0.2) is 4.39 Å². The summed E-state index contributed by atoms with van der Waals surface area (Å²) in [4.78, 5) is 0. The van der Waals surface area contributed by atoms with Gasteiger partial charge in [0.2, 0.25) is 0 Å². The third-order valence-electron chi connectivity index (χ3n) is 1.90.